The zero-order valence-electron chi connectivity index (χ0n) is 10.1. The van der Waals surface area contributed by atoms with Crippen molar-refractivity contribution in [3.8, 4) is 0 Å². The lowest BCUT2D eigenvalue weighted by molar-refractivity contribution is -0.136. The Morgan fingerprint density at radius 3 is 2.79 bits per heavy atom. The number of rotatable bonds is 2. The Morgan fingerprint density at radius 2 is 2.21 bits per heavy atom. The van der Waals surface area contributed by atoms with E-state index in [2.05, 4.69) is 10.3 Å². The summed E-state index contributed by atoms with van der Waals surface area (Å²) in [7, 11) is 0. The van der Waals surface area contributed by atoms with Crippen LogP contribution >= 0.6 is 23.4 Å². The maximum absolute atomic E-state index is 12.9. The molecular formula is C12H12ClF3N2S. The number of nitrogens with zero attached hydrogens (tertiary/aromatic N) is 1. The third-order valence-electron chi connectivity index (χ3n) is 2.72. The zero-order chi connectivity index (χ0) is 14.0. The Labute approximate surface area is 118 Å². The molecule has 0 saturated heterocycles. The number of nitrogens with one attached hydrogen (secondary N) is 1. The van der Waals surface area contributed by atoms with Gasteiger partial charge in [-0.25, -0.2) is 0 Å². The van der Waals surface area contributed by atoms with Gasteiger partial charge in [-0.3, -0.25) is 4.99 Å². The highest BCUT2D eigenvalue weighted by Crippen LogP contribution is 2.39. The van der Waals surface area contributed by atoms with Gasteiger partial charge < -0.3 is 5.32 Å². The van der Waals surface area contributed by atoms with E-state index in [1.54, 1.807) is 0 Å². The quantitative estimate of drug-likeness (QED) is 0.860. The molecule has 104 valence electrons. The zero-order valence-corrected chi connectivity index (χ0v) is 11.7. The first-order valence-corrected chi connectivity index (χ1v) is 7.01. The van der Waals surface area contributed by atoms with Crippen molar-refractivity contribution in [2.24, 2.45) is 4.99 Å². The molecule has 0 aromatic heterocycles. The van der Waals surface area contributed by atoms with Crippen molar-refractivity contribution < 1.29 is 13.2 Å². The second-order valence-electron chi connectivity index (χ2n) is 4.08. The maximum atomic E-state index is 12.9. The van der Waals surface area contributed by atoms with Crippen molar-refractivity contribution in [3.63, 3.8) is 0 Å². The molecule has 0 radical (unpaired) electrons. The Balaban J connectivity index is 2.26. The lowest BCUT2D eigenvalue weighted by Crippen LogP contribution is -2.14. The molecule has 1 atom stereocenters. The van der Waals surface area contributed by atoms with Crippen molar-refractivity contribution in [1.29, 1.82) is 0 Å². The molecular weight excluding hydrogens is 297 g/mol. The molecule has 1 aliphatic heterocycles. The average Bonchev–Trinajstić information content (AvgIpc) is 2.78. The van der Waals surface area contributed by atoms with Gasteiger partial charge in [0.1, 0.15) is 0 Å². The first-order valence-electron chi connectivity index (χ1n) is 5.75. The summed E-state index contributed by atoms with van der Waals surface area (Å²) < 4.78 is 38.7. The molecule has 1 aromatic carbocycles. The van der Waals surface area contributed by atoms with Gasteiger partial charge in [0.15, 0.2) is 5.17 Å². The molecule has 0 fully saturated rings. The summed E-state index contributed by atoms with van der Waals surface area (Å²) in [4.78, 5) is 4.19. The average molecular weight is 309 g/mol. The number of hydrogen-bond donors (Lipinski definition) is 1. The number of anilines is 1. The molecule has 0 saturated carbocycles. The summed E-state index contributed by atoms with van der Waals surface area (Å²) in [6, 6.07) is 3.72. The van der Waals surface area contributed by atoms with Gasteiger partial charge in [0.2, 0.25) is 0 Å². The Bertz CT molecular complexity index is 502. The van der Waals surface area contributed by atoms with E-state index in [0.29, 0.717) is 17.0 Å². The molecule has 0 aliphatic carbocycles. The highest BCUT2D eigenvalue weighted by Gasteiger charge is 2.35. The van der Waals surface area contributed by atoms with Gasteiger partial charge in [-0.1, -0.05) is 36.4 Å². The van der Waals surface area contributed by atoms with Crippen LogP contribution < -0.4 is 5.32 Å². The van der Waals surface area contributed by atoms with Crippen molar-refractivity contribution in [2.45, 2.75) is 24.8 Å². The lowest BCUT2D eigenvalue weighted by Gasteiger charge is -2.15. The van der Waals surface area contributed by atoms with Crippen LogP contribution in [0.15, 0.2) is 23.2 Å². The molecule has 2 rings (SSSR count). The van der Waals surface area contributed by atoms with Gasteiger partial charge in [0.25, 0.3) is 0 Å². The topological polar surface area (TPSA) is 24.4 Å². The van der Waals surface area contributed by atoms with E-state index in [1.807, 2.05) is 6.92 Å². The van der Waals surface area contributed by atoms with Gasteiger partial charge in [-0.15, -0.1) is 0 Å². The van der Waals surface area contributed by atoms with Gasteiger partial charge in [-0.05, 0) is 18.6 Å². The standard InChI is InChI=1S/C12H12ClF3N2S/c1-2-7-6-17-11(19-7)18-10-8(12(14,15)16)4-3-5-9(10)13/h3-5,7H,2,6H2,1H3,(H,17,18). The number of halogens is 4. The van der Waals surface area contributed by atoms with Crippen LogP contribution in [0, 0.1) is 0 Å². The minimum atomic E-state index is -4.44. The second-order valence-corrected chi connectivity index (χ2v) is 5.78. The lowest BCUT2D eigenvalue weighted by atomic mass is 10.1. The van der Waals surface area contributed by atoms with Crippen LogP contribution in [-0.2, 0) is 6.18 Å². The van der Waals surface area contributed by atoms with Gasteiger partial charge in [0.05, 0.1) is 22.8 Å². The Morgan fingerprint density at radius 1 is 1.47 bits per heavy atom. The fraction of sp³-hybridized carbons (Fsp3) is 0.417. The molecule has 7 heteroatoms. The van der Waals surface area contributed by atoms with E-state index >= 15 is 0 Å². The van der Waals surface area contributed by atoms with E-state index in [1.165, 1.54) is 23.9 Å². The second kappa shape index (κ2) is 5.63. The Kier molecular flexibility index (Phi) is 4.30. The number of benzene rings is 1. The summed E-state index contributed by atoms with van der Waals surface area (Å²) in [5, 5.41) is 3.56. The van der Waals surface area contributed by atoms with Crippen LogP contribution in [0.5, 0.6) is 0 Å². The van der Waals surface area contributed by atoms with Gasteiger partial charge in [0, 0.05) is 5.25 Å². The highest BCUT2D eigenvalue weighted by molar-refractivity contribution is 8.15. The van der Waals surface area contributed by atoms with Gasteiger partial charge >= 0.3 is 6.18 Å². The molecule has 0 spiro atoms. The summed E-state index contributed by atoms with van der Waals surface area (Å²) in [5.41, 5.74) is -0.900. The van der Waals surface area contributed by atoms with Crippen LogP contribution in [0.2, 0.25) is 5.02 Å². The first-order chi connectivity index (χ1) is 8.91. The fourth-order valence-corrected chi connectivity index (χ4v) is 2.86. The molecule has 0 bridgehead atoms. The minimum absolute atomic E-state index is 0.0399. The molecule has 1 aliphatic rings. The van der Waals surface area contributed by atoms with Crippen molar-refractivity contribution in [2.75, 3.05) is 11.9 Å². The van der Waals surface area contributed by atoms with Crippen LogP contribution in [0.3, 0.4) is 0 Å². The number of aliphatic imine (C=N–C) groups is 1. The van der Waals surface area contributed by atoms with E-state index in [-0.39, 0.29) is 10.7 Å². The van der Waals surface area contributed by atoms with E-state index < -0.39 is 11.7 Å². The number of hydrogen-bond acceptors (Lipinski definition) is 3. The SMILES string of the molecule is CCC1CN=C(Nc2c(Cl)cccc2C(F)(F)F)S1. The highest BCUT2D eigenvalue weighted by atomic mass is 35.5. The van der Waals surface area contributed by atoms with Crippen molar-refractivity contribution in [1.82, 2.24) is 0 Å². The molecule has 1 unspecified atom stereocenters. The molecule has 2 nitrogen and oxygen atoms in total. The third kappa shape index (κ3) is 3.36. The van der Waals surface area contributed by atoms with Gasteiger partial charge in [-0.2, -0.15) is 13.2 Å². The summed E-state index contributed by atoms with van der Waals surface area (Å²) in [6.45, 7) is 2.64. The van der Waals surface area contributed by atoms with E-state index in [9.17, 15) is 13.2 Å². The van der Waals surface area contributed by atoms with Crippen LogP contribution in [0.25, 0.3) is 0 Å². The molecule has 1 N–H and O–H groups in total. The van der Waals surface area contributed by atoms with E-state index in [0.717, 1.165) is 12.5 Å². The smallest absolute Gasteiger partial charge is 0.333 e. The monoisotopic (exact) mass is 308 g/mol. The minimum Gasteiger partial charge on any atom is -0.333 e. The van der Waals surface area contributed by atoms with Crippen LogP contribution in [0.1, 0.15) is 18.9 Å². The molecule has 1 heterocycles. The van der Waals surface area contributed by atoms with E-state index in [4.69, 9.17) is 11.6 Å². The maximum Gasteiger partial charge on any atom is 0.418 e. The summed E-state index contributed by atoms with van der Waals surface area (Å²) >= 11 is 7.30. The predicted octanol–water partition coefficient (Wildman–Crippen LogP) is 4.65. The summed E-state index contributed by atoms with van der Waals surface area (Å²) in [5.74, 6) is 0. The van der Waals surface area contributed by atoms with Crippen molar-refractivity contribution in [3.05, 3.63) is 28.8 Å². The van der Waals surface area contributed by atoms with Crippen LogP contribution in [-0.4, -0.2) is 17.0 Å². The Hall–Kier alpha value is -0.880. The first kappa shape index (κ1) is 14.5. The number of para-hydroxylation sites is 1. The number of amidine groups is 1. The predicted molar refractivity (Wildman–Crippen MR) is 74.0 cm³/mol. The largest absolute Gasteiger partial charge is 0.418 e. The molecule has 1 aromatic rings. The van der Waals surface area contributed by atoms with Crippen LogP contribution in [0.4, 0.5) is 18.9 Å². The normalized spacial score (nSPS) is 19.4. The molecule has 19 heavy (non-hydrogen) atoms. The van der Waals surface area contributed by atoms with Crippen molar-refractivity contribution >= 4 is 34.2 Å². The number of alkyl halides is 3. The number of thioether (sulfide) groups is 1. The fourth-order valence-electron chi connectivity index (χ4n) is 1.69. The third-order valence-corrected chi connectivity index (χ3v) is 4.31. The molecule has 0 amide bonds. The summed E-state index contributed by atoms with van der Waals surface area (Å²) in [6.07, 6.45) is -3.52.